The molecule has 0 spiro atoms. The van der Waals surface area contributed by atoms with Crippen LogP contribution in [-0.4, -0.2) is 12.9 Å². The Hall–Kier alpha value is -2.82. The third-order valence-corrected chi connectivity index (χ3v) is 6.48. The monoisotopic (exact) mass is 470 g/mol. The van der Waals surface area contributed by atoms with E-state index in [0.717, 1.165) is 57.0 Å². The van der Waals surface area contributed by atoms with Crippen LogP contribution in [0.3, 0.4) is 0 Å². The Balaban J connectivity index is 0.00000304. The summed E-state index contributed by atoms with van der Waals surface area (Å²) in [6.07, 6.45) is 5.37. The minimum absolute atomic E-state index is 0. The maximum Gasteiger partial charge on any atom is 1.00 e. The SMILES string of the molecule is CCCCCCC#C[B-]1(OC(C)C)Oc2ccc3ccccc3c2-c2c(ccc3ccccc23)O1.[Li+]. The number of hydrogen-bond donors (Lipinski definition) is 0. The standard InChI is InChI=1S/C31H32BO3.Li/c1-4-5-6-7-8-13-22-32(33-23(2)3)34-28-20-18-24-14-9-11-16-26(24)30(28)31-27-17-12-10-15-25(27)19-21-29(31)35-32;/h9-12,14-21,23H,4-8H2,1-3H3;/q-1;+1. The van der Waals surface area contributed by atoms with Gasteiger partial charge < -0.3 is 14.0 Å². The molecule has 4 aromatic rings. The molecule has 0 fully saturated rings. The second-order valence-electron chi connectivity index (χ2n) is 9.51. The molecule has 5 rings (SSSR count). The molecule has 0 aliphatic carbocycles. The predicted molar refractivity (Wildman–Crippen MR) is 147 cm³/mol. The maximum atomic E-state index is 6.67. The van der Waals surface area contributed by atoms with Crippen LogP contribution in [0.1, 0.15) is 52.9 Å². The van der Waals surface area contributed by atoms with Crippen molar-refractivity contribution in [3.05, 3.63) is 72.8 Å². The van der Waals surface area contributed by atoms with E-state index in [0.29, 0.717) is 0 Å². The quantitative estimate of drug-likeness (QED) is 0.217. The molecule has 1 aliphatic rings. The summed E-state index contributed by atoms with van der Waals surface area (Å²) in [5.41, 5.74) is 2.05. The smallest absolute Gasteiger partial charge is 0.649 e. The van der Waals surface area contributed by atoms with Crippen LogP contribution >= 0.6 is 0 Å². The molecule has 178 valence electrons. The average molecular weight is 470 g/mol. The van der Waals surface area contributed by atoms with Crippen LogP contribution in [0.4, 0.5) is 0 Å². The van der Waals surface area contributed by atoms with Crippen LogP contribution in [0.25, 0.3) is 32.7 Å². The van der Waals surface area contributed by atoms with E-state index in [2.05, 4.69) is 79.3 Å². The molecule has 0 amide bonds. The Labute approximate surface area is 226 Å². The van der Waals surface area contributed by atoms with Gasteiger partial charge in [-0.25, -0.2) is 0 Å². The van der Waals surface area contributed by atoms with E-state index in [9.17, 15) is 0 Å². The molecule has 0 unspecified atom stereocenters. The van der Waals surface area contributed by atoms with E-state index in [1.54, 1.807) is 0 Å². The van der Waals surface area contributed by atoms with Crippen LogP contribution in [0.15, 0.2) is 72.8 Å². The minimum Gasteiger partial charge on any atom is -0.649 e. The van der Waals surface area contributed by atoms with Crippen molar-refractivity contribution in [3.63, 3.8) is 0 Å². The zero-order valence-corrected chi connectivity index (χ0v) is 21.8. The second-order valence-corrected chi connectivity index (χ2v) is 9.51. The summed E-state index contributed by atoms with van der Waals surface area (Å²) in [5, 5.41) is 4.55. The fraction of sp³-hybridized carbons (Fsp3) is 0.290. The van der Waals surface area contributed by atoms with Crippen molar-refractivity contribution in [1.82, 2.24) is 0 Å². The largest absolute Gasteiger partial charge is 1.00 e. The molecule has 0 N–H and O–H groups in total. The van der Waals surface area contributed by atoms with Crippen LogP contribution in [0.5, 0.6) is 11.5 Å². The summed E-state index contributed by atoms with van der Waals surface area (Å²) in [4.78, 5) is 0. The summed E-state index contributed by atoms with van der Waals surface area (Å²) < 4.78 is 19.7. The number of hydrogen-bond acceptors (Lipinski definition) is 3. The maximum absolute atomic E-state index is 6.67. The Morgan fingerprint density at radius 1 is 0.750 bits per heavy atom. The van der Waals surface area contributed by atoms with Gasteiger partial charge in [0.15, 0.2) is 0 Å². The normalized spacial score (nSPS) is 13.4. The summed E-state index contributed by atoms with van der Waals surface area (Å²) in [5.74, 6) is 8.11. The van der Waals surface area contributed by atoms with Gasteiger partial charge in [0.1, 0.15) is 0 Å². The summed E-state index contributed by atoms with van der Waals surface area (Å²) >= 11 is 0. The van der Waals surface area contributed by atoms with Crippen molar-refractivity contribution < 1.29 is 32.8 Å². The molecular formula is C31H32BLiO3. The predicted octanol–water partition coefficient (Wildman–Crippen LogP) is 5.31. The van der Waals surface area contributed by atoms with Crippen LogP contribution in [-0.2, 0) is 4.65 Å². The van der Waals surface area contributed by atoms with Crippen molar-refractivity contribution in [2.75, 3.05) is 0 Å². The zero-order chi connectivity index (χ0) is 24.3. The molecule has 0 radical (unpaired) electrons. The molecule has 0 saturated carbocycles. The first-order valence-electron chi connectivity index (χ1n) is 12.8. The van der Waals surface area contributed by atoms with E-state index in [1.807, 2.05) is 26.0 Å². The first kappa shape index (κ1) is 26.3. The van der Waals surface area contributed by atoms with Gasteiger partial charge in [0.2, 0.25) is 0 Å². The van der Waals surface area contributed by atoms with Crippen molar-refractivity contribution in [2.24, 2.45) is 0 Å². The van der Waals surface area contributed by atoms with Gasteiger partial charge in [-0.15, -0.1) is 5.92 Å². The Morgan fingerprint density at radius 3 is 1.83 bits per heavy atom. The summed E-state index contributed by atoms with van der Waals surface area (Å²) in [6.45, 7) is 3.83. The van der Waals surface area contributed by atoms with Gasteiger partial charge in [-0.3, -0.25) is 0 Å². The molecule has 0 saturated heterocycles. The van der Waals surface area contributed by atoms with Gasteiger partial charge in [-0.05, 0) is 53.9 Å². The van der Waals surface area contributed by atoms with Gasteiger partial charge in [0, 0.05) is 23.7 Å². The minimum atomic E-state index is -2.37. The van der Waals surface area contributed by atoms with E-state index in [1.165, 1.54) is 19.3 Å². The third kappa shape index (κ3) is 5.30. The molecule has 3 nitrogen and oxygen atoms in total. The molecule has 1 heterocycles. The molecule has 36 heavy (non-hydrogen) atoms. The van der Waals surface area contributed by atoms with Gasteiger partial charge in [-0.1, -0.05) is 86.8 Å². The third-order valence-electron chi connectivity index (χ3n) is 6.48. The van der Waals surface area contributed by atoms with Crippen molar-refractivity contribution in [1.29, 1.82) is 0 Å². The number of benzene rings is 4. The molecule has 4 aromatic carbocycles. The molecular weight excluding hydrogens is 438 g/mol. The molecule has 0 aromatic heterocycles. The summed E-state index contributed by atoms with van der Waals surface area (Å²) in [7, 11) is 0. The molecule has 0 atom stereocenters. The van der Waals surface area contributed by atoms with Crippen molar-refractivity contribution >= 4 is 28.3 Å². The van der Waals surface area contributed by atoms with Gasteiger partial charge in [-0.2, -0.15) is 5.82 Å². The fourth-order valence-corrected chi connectivity index (χ4v) is 4.92. The van der Waals surface area contributed by atoms with E-state index < -0.39 is 6.75 Å². The van der Waals surface area contributed by atoms with Crippen LogP contribution < -0.4 is 28.2 Å². The molecule has 0 bridgehead atoms. The Bertz CT molecular complexity index is 1330. The Morgan fingerprint density at radius 2 is 1.31 bits per heavy atom. The first-order valence-corrected chi connectivity index (χ1v) is 12.8. The average Bonchev–Trinajstić information content (AvgIpc) is 3.00. The van der Waals surface area contributed by atoms with E-state index >= 15 is 0 Å². The second kappa shape index (κ2) is 11.5. The molecule has 5 heteroatoms. The Kier molecular flexibility index (Phi) is 8.38. The first-order chi connectivity index (χ1) is 17.1. The van der Waals surface area contributed by atoms with Gasteiger partial charge in [0.25, 0.3) is 0 Å². The van der Waals surface area contributed by atoms with Gasteiger partial charge >= 0.3 is 25.6 Å². The number of unbranched alkanes of at least 4 members (excludes halogenated alkanes) is 4. The van der Waals surface area contributed by atoms with Crippen molar-refractivity contribution in [3.8, 4) is 34.4 Å². The zero-order valence-electron chi connectivity index (χ0n) is 21.8. The van der Waals surface area contributed by atoms with Crippen molar-refractivity contribution in [2.45, 2.75) is 59.0 Å². The topological polar surface area (TPSA) is 27.7 Å². The molecule has 1 aliphatic heterocycles. The number of fused-ring (bicyclic) bond motifs is 7. The van der Waals surface area contributed by atoms with E-state index in [4.69, 9.17) is 14.0 Å². The summed E-state index contributed by atoms with van der Waals surface area (Å²) in [6, 6.07) is 25.1. The van der Waals surface area contributed by atoms with Gasteiger partial charge in [0.05, 0.1) is 11.5 Å². The van der Waals surface area contributed by atoms with Crippen LogP contribution in [0.2, 0.25) is 0 Å². The van der Waals surface area contributed by atoms with E-state index in [-0.39, 0.29) is 25.0 Å². The number of rotatable bonds is 6. The van der Waals surface area contributed by atoms with Crippen LogP contribution in [0, 0.1) is 11.7 Å². The fourth-order valence-electron chi connectivity index (χ4n) is 4.92.